The predicted molar refractivity (Wildman–Crippen MR) is 201 cm³/mol. The fraction of sp³-hybridized carbons (Fsp3) is 0.108. The van der Waals surface area contributed by atoms with Gasteiger partial charge >= 0.3 is 6.18 Å². The van der Waals surface area contributed by atoms with E-state index in [1.165, 1.54) is 88.0 Å². The van der Waals surface area contributed by atoms with Crippen molar-refractivity contribution < 1.29 is 26.3 Å². The highest BCUT2D eigenvalue weighted by Crippen LogP contribution is 2.29. The zero-order chi connectivity index (χ0) is 41.8. The van der Waals surface area contributed by atoms with Crippen LogP contribution in [0, 0.1) is 17.5 Å². The van der Waals surface area contributed by atoms with E-state index in [0.29, 0.717) is 32.6 Å². The van der Waals surface area contributed by atoms with Crippen molar-refractivity contribution in [2.24, 2.45) is 0 Å². The van der Waals surface area contributed by atoms with Crippen molar-refractivity contribution in [3.05, 3.63) is 174 Å². The summed E-state index contributed by atoms with van der Waals surface area (Å²) < 4.78 is 82.7. The number of halogens is 7. The normalized spacial score (nSPS) is 11.4. The third kappa shape index (κ3) is 9.09. The van der Waals surface area contributed by atoms with E-state index in [1.807, 2.05) is 0 Å². The average molecular weight is 835 g/mol. The van der Waals surface area contributed by atoms with Gasteiger partial charge in [-0.3, -0.25) is 28.4 Å². The van der Waals surface area contributed by atoms with Gasteiger partial charge in [-0.15, -0.1) is 0 Å². The molecule has 0 radical (unpaired) electrons. The van der Waals surface area contributed by atoms with Crippen molar-refractivity contribution in [2.45, 2.75) is 25.8 Å². The van der Waals surface area contributed by atoms with Crippen molar-refractivity contribution >= 4 is 44.7 Å². The summed E-state index contributed by atoms with van der Waals surface area (Å²) in [7, 11) is 0. The topological polar surface area (TPSA) is 191 Å². The molecule has 0 saturated carbocycles. The van der Waals surface area contributed by atoms with Gasteiger partial charge in [-0.25, -0.2) is 28.1 Å². The maximum absolute atomic E-state index is 13.7. The minimum absolute atomic E-state index is 0.103. The van der Waals surface area contributed by atoms with Crippen molar-refractivity contribution in [2.75, 3.05) is 0 Å². The molecule has 3 aromatic carbocycles. The number of nitrogens with one attached hydrogen (secondary N) is 3. The number of hydrogen-bond acceptors (Lipinski definition) is 9. The molecule has 0 aliphatic heterocycles. The van der Waals surface area contributed by atoms with Crippen LogP contribution in [0.15, 0.2) is 113 Å². The minimum atomic E-state index is -4.39. The van der Waals surface area contributed by atoms with E-state index >= 15 is 0 Å². The molecule has 0 fully saturated rings. The Morgan fingerprint density at radius 2 is 0.966 bits per heavy atom. The van der Waals surface area contributed by atoms with Crippen LogP contribution in [0.5, 0.6) is 0 Å². The van der Waals surface area contributed by atoms with Crippen LogP contribution in [-0.2, 0) is 25.8 Å². The summed E-state index contributed by atoms with van der Waals surface area (Å²) in [6, 6.07) is 13.1. The van der Waals surface area contributed by atoms with Gasteiger partial charge in [0.05, 0.1) is 44.2 Å². The summed E-state index contributed by atoms with van der Waals surface area (Å²) in [5.41, 5.74) is -0.208. The zero-order valence-electron chi connectivity index (χ0n) is 29.8. The Kier molecular flexibility index (Phi) is 11.2. The Bertz CT molecular complexity index is 2960. The molecule has 6 heterocycles. The Morgan fingerprint density at radius 3 is 1.41 bits per heavy atom. The van der Waals surface area contributed by atoms with E-state index in [-0.39, 0.29) is 58.6 Å². The molecule has 59 heavy (non-hydrogen) atoms. The lowest BCUT2D eigenvalue weighted by Crippen LogP contribution is -2.07. The standard InChI is InChI=1S/C13H9F3N4O.C12H8ClFN4O.C12H8F2N4O/c14-13(15,16)9-3-1-2-8(4-9)5-20-6-10-11(19-20)17-7-18-12(10)21;2*13-9-2-1-3-10(14)7(9)4-18-5-8-11(17-18)15-6-16-12(8)19/h1-4,6-7H,5H2,(H,17,18,19,21);2*1-3,5-6H,4H2,(H,15,16,17,19). The van der Waals surface area contributed by atoms with Gasteiger partial charge in [0.25, 0.3) is 16.7 Å². The molecule has 0 aliphatic rings. The Balaban J connectivity index is 0.000000134. The van der Waals surface area contributed by atoms with Crippen molar-refractivity contribution in [3.8, 4) is 0 Å². The number of rotatable bonds is 6. The number of fused-ring (bicyclic) bond motifs is 3. The van der Waals surface area contributed by atoms with Gasteiger partial charge in [-0.1, -0.05) is 35.9 Å². The van der Waals surface area contributed by atoms with Gasteiger partial charge < -0.3 is 15.0 Å². The molecule has 0 atom stereocenters. The monoisotopic (exact) mass is 834 g/mol. The highest BCUT2D eigenvalue weighted by atomic mass is 35.5. The lowest BCUT2D eigenvalue weighted by atomic mass is 10.1. The molecule has 300 valence electrons. The molecule has 0 bridgehead atoms. The van der Waals surface area contributed by atoms with Crippen LogP contribution in [0.1, 0.15) is 22.3 Å². The number of nitrogens with zero attached hydrogens (tertiary/aromatic N) is 9. The quantitative estimate of drug-likeness (QED) is 0.179. The summed E-state index contributed by atoms with van der Waals surface area (Å²) in [5.74, 6) is -1.71. The first-order chi connectivity index (χ1) is 28.2. The first-order valence-electron chi connectivity index (χ1n) is 17.0. The number of benzene rings is 3. The van der Waals surface area contributed by atoms with Gasteiger partial charge in [0, 0.05) is 34.7 Å². The summed E-state index contributed by atoms with van der Waals surface area (Å²) in [4.78, 5) is 53.5. The van der Waals surface area contributed by atoms with E-state index in [2.05, 4.69) is 45.2 Å². The molecule has 9 rings (SSSR count). The summed E-state index contributed by atoms with van der Waals surface area (Å²) in [6.07, 6.45) is 3.73. The number of alkyl halides is 3. The van der Waals surface area contributed by atoms with Gasteiger partial charge in [0.2, 0.25) is 0 Å². The summed E-state index contributed by atoms with van der Waals surface area (Å²) in [6.45, 7) is 0.162. The smallest absolute Gasteiger partial charge is 0.312 e. The van der Waals surface area contributed by atoms with Crippen LogP contribution in [0.3, 0.4) is 0 Å². The summed E-state index contributed by atoms with van der Waals surface area (Å²) >= 11 is 5.94. The van der Waals surface area contributed by atoms with Crippen LogP contribution in [-0.4, -0.2) is 59.2 Å². The minimum Gasteiger partial charge on any atom is -0.312 e. The van der Waals surface area contributed by atoms with E-state index < -0.39 is 29.2 Å². The molecule has 22 heteroatoms. The predicted octanol–water partition coefficient (Wildman–Crippen LogP) is 5.59. The molecule has 0 aliphatic carbocycles. The van der Waals surface area contributed by atoms with Crippen molar-refractivity contribution in [1.29, 1.82) is 0 Å². The summed E-state index contributed by atoms with van der Waals surface area (Å²) in [5, 5.41) is 13.4. The van der Waals surface area contributed by atoms with Crippen LogP contribution < -0.4 is 16.7 Å². The van der Waals surface area contributed by atoms with Crippen LogP contribution in [0.4, 0.5) is 26.3 Å². The van der Waals surface area contributed by atoms with Crippen molar-refractivity contribution in [3.63, 3.8) is 0 Å². The largest absolute Gasteiger partial charge is 0.416 e. The molecule has 6 aromatic heterocycles. The SMILES string of the molecule is O=c1[nH]cnc2nn(Cc3c(F)cccc3Cl)cc12.O=c1[nH]cnc2nn(Cc3c(F)cccc3F)cc12.O=c1[nH]cnc2nn(Cc3cccc(C(F)(F)F)c3)cc12. The van der Waals surface area contributed by atoms with E-state index in [1.54, 1.807) is 12.1 Å². The molecule has 3 N–H and O–H groups in total. The fourth-order valence-corrected chi connectivity index (χ4v) is 5.88. The molecular formula is C37H25ClF6N12O3. The lowest BCUT2D eigenvalue weighted by molar-refractivity contribution is -0.137. The molecule has 9 aromatic rings. The highest BCUT2D eigenvalue weighted by Gasteiger charge is 2.30. The van der Waals surface area contributed by atoms with E-state index in [4.69, 9.17) is 11.6 Å². The number of aromatic amines is 3. The maximum Gasteiger partial charge on any atom is 0.416 e. The zero-order valence-corrected chi connectivity index (χ0v) is 30.5. The Morgan fingerprint density at radius 1 is 0.559 bits per heavy atom. The van der Waals surface area contributed by atoms with Crippen LogP contribution in [0.25, 0.3) is 33.1 Å². The lowest BCUT2D eigenvalue weighted by Gasteiger charge is -2.08. The molecule has 0 saturated heterocycles. The van der Waals surface area contributed by atoms with E-state index in [0.717, 1.165) is 12.1 Å². The van der Waals surface area contributed by atoms with Gasteiger partial charge in [0.15, 0.2) is 16.9 Å². The van der Waals surface area contributed by atoms with Gasteiger partial charge in [0.1, 0.15) is 33.6 Å². The Hall–Kier alpha value is -7.42. The molecule has 0 unspecified atom stereocenters. The molecule has 0 spiro atoms. The first-order valence-corrected chi connectivity index (χ1v) is 17.4. The van der Waals surface area contributed by atoms with Gasteiger partial charge in [-0.05, 0) is 42.0 Å². The number of H-pyrrole nitrogens is 3. The van der Waals surface area contributed by atoms with E-state index in [9.17, 15) is 40.7 Å². The molecular weight excluding hydrogens is 810 g/mol. The van der Waals surface area contributed by atoms with Gasteiger partial charge in [-0.2, -0.15) is 28.5 Å². The molecule has 0 amide bonds. The third-order valence-corrected chi connectivity index (χ3v) is 8.82. The maximum atomic E-state index is 13.7. The highest BCUT2D eigenvalue weighted by molar-refractivity contribution is 6.31. The number of aromatic nitrogens is 12. The second-order valence-electron chi connectivity index (χ2n) is 12.5. The number of hydrogen-bond donors (Lipinski definition) is 3. The molecule has 15 nitrogen and oxygen atoms in total. The average Bonchev–Trinajstić information content (AvgIpc) is 3.93. The second kappa shape index (κ2) is 16.6. The first kappa shape index (κ1) is 39.8. The van der Waals surface area contributed by atoms with Crippen LogP contribution >= 0.6 is 11.6 Å². The Labute approximate surface area is 329 Å². The fourth-order valence-electron chi connectivity index (χ4n) is 5.66. The second-order valence-corrected chi connectivity index (χ2v) is 12.9. The third-order valence-electron chi connectivity index (χ3n) is 8.47. The van der Waals surface area contributed by atoms with Crippen LogP contribution in [0.2, 0.25) is 5.02 Å². The van der Waals surface area contributed by atoms with Crippen molar-refractivity contribution in [1.82, 2.24) is 59.2 Å².